The van der Waals surface area contributed by atoms with Gasteiger partial charge >= 0.3 is 0 Å². The van der Waals surface area contributed by atoms with Gasteiger partial charge in [0.05, 0.1) is 18.0 Å². The summed E-state index contributed by atoms with van der Waals surface area (Å²) in [7, 11) is -1.98. The molecule has 1 aliphatic rings. The number of hydrogen-bond acceptors (Lipinski definition) is 4. The average Bonchev–Trinajstić information content (AvgIpc) is 2.53. The van der Waals surface area contributed by atoms with E-state index in [4.69, 9.17) is 9.47 Å². The van der Waals surface area contributed by atoms with Crippen LogP contribution in [0, 0.1) is 13.8 Å². The number of rotatable bonds is 4. The second-order valence-electron chi connectivity index (χ2n) is 6.08. The van der Waals surface area contributed by atoms with Crippen LogP contribution in [0.5, 0.6) is 11.5 Å². The molecule has 0 saturated carbocycles. The Labute approximate surface area is 142 Å². The van der Waals surface area contributed by atoms with Crippen LogP contribution in [0.4, 0.5) is 0 Å². The van der Waals surface area contributed by atoms with E-state index in [0.717, 1.165) is 28.2 Å². The van der Waals surface area contributed by atoms with E-state index in [0.29, 0.717) is 17.9 Å². The maximum absolute atomic E-state index is 12.7. The minimum absolute atomic E-state index is 0.309. The quantitative estimate of drug-likeness (QED) is 0.923. The number of methoxy groups -OCH3 is 1. The van der Waals surface area contributed by atoms with E-state index in [9.17, 15) is 8.42 Å². The lowest BCUT2D eigenvalue weighted by molar-refractivity contribution is 0.253. The molecule has 0 radical (unpaired) electrons. The van der Waals surface area contributed by atoms with Gasteiger partial charge in [-0.25, -0.2) is 13.1 Å². The number of hydrogen-bond donors (Lipinski definition) is 1. The summed E-state index contributed by atoms with van der Waals surface area (Å²) >= 11 is 0. The van der Waals surface area contributed by atoms with Crippen molar-refractivity contribution in [3.63, 3.8) is 0 Å². The topological polar surface area (TPSA) is 64.6 Å². The molecule has 0 spiro atoms. The van der Waals surface area contributed by atoms with Gasteiger partial charge in [0.25, 0.3) is 0 Å². The third kappa shape index (κ3) is 3.39. The van der Waals surface area contributed by atoms with Gasteiger partial charge in [0.2, 0.25) is 10.0 Å². The van der Waals surface area contributed by atoms with Crippen LogP contribution in [0.15, 0.2) is 41.3 Å². The molecule has 1 atom stereocenters. The van der Waals surface area contributed by atoms with Gasteiger partial charge in [-0.05, 0) is 55.7 Å². The molecule has 0 saturated heterocycles. The van der Waals surface area contributed by atoms with Crippen LogP contribution < -0.4 is 14.2 Å². The second-order valence-corrected chi connectivity index (χ2v) is 7.76. The molecule has 1 aliphatic heterocycles. The van der Waals surface area contributed by atoms with Gasteiger partial charge in [-0.2, -0.15) is 0 Å². The van der Waals surface area contributed by atoms with Crippen LogP contribution in [0.1, 0.15) is 16.7 Å². The molecule has 1 N–H and O–H groups in total. The maximum Gasteiger partial charge on any atom is 0.241 e. The number of benzene rings is 2. The molecule has 0 aliphatic carbocycles. The van der Waals surface area contributed by atoms with Crippen molar-refractivity contribution < 1.29 is 17.9 Å². The highest BCUT2D eigenvalue weighted by atomic mass is 32.2. The summed E-state index contributed by atoms with van der Waals surface area (Å²) in [6.45, 7) is 4.05. The molecule has 2 aromatic carbocycles. The third-order valence-electron chi connectivity index (χ3n) is 4.12. The molecule has 1 heterocycles. The van der Waals surface area contributed by atoms with Crippen molar-refractivity contribution in [3.8, 4) is 11.5 Å². The summed E-state index contributed by atoms with van der Waals surface area (Å²) in [6.07, 6.45) is 0.566. The fourth-order valence-corrected chi connectivity index (χ4v) is 4.40. The first-order valence-corrected chi connectivity index (χ1v) is 9.26. The fraction of sp³-hybridized carbons (Fsp3) is 0.333. The van der Waals surface area contributed by atoms with E-state index >= 15 is 0 Å². The number of aryl methyl sites for hydroxylation is 2. The zero-order valence-electron chi connectivity index (χ0n) is 14.0. The highest BCUT2D eigenvalue weighted by Crippen LogP contribution is 2.29. The van der Waals surface area contributed by atoms with Gasteiger partial charge in [-0.1, -0.05) is 17.7 Å². The largest absolute Gasteiger partial charge is 0.497 e. The van der Waals surface area contributed by atoms with Crippen molar-refractivity contribution in [1.82, 2.24) is 4.72 Å². The van der Waals surface area contributed by atoms with Gasteiger partial charge < -0.3 is 9.47 Å². The lowest BCUT2D eigenvalue weighted by atomic mass is 10.0. The Bertz CT molecular complexity index is 861. The van der Waals surface area contributed by atoms with Crippen molar-refractivity contribution in [1.29, 1.82) is 0 Å². The van der Waals surface area contributed by atoms with E-state index in [-0.39, 0.29) is 6.04 Å². The van der Waals surface area contributed by atoms with Crippen LogP contribution in [-0.4, -0.2) is 28.2 Å². The van der Waals surface area contributed by atoms with E-state index in [1.165, 1.54) is 0 Å². The number of sulfonamides is 1. The summed E-state index contributed by atoms with van der Waals surface area (Å²) in [5.74, 6) is 1.51. The van der Waals surface area contributed by atoms with Crippen LogP contribution in [-0.2, 0) is 16.4 Å². The molecule has 6 heteroatoms. The van der Waals surface area contributed by atoms with E-state index in [1.54, 1.807) is 26.2 Å². The Hall–Kier alpha value is -2.05. The molecule has 3 rings (SSSR count). The van der Waals surface area contributed by atoms with Crippen molar-refractivity contribution in [2.75, 3.05) is 13.7 Å². The SMILES string of the molecule is COc1ccc2c(c1)CC(NS(=O)(=O)c1ccc(C)cc1C)CO2. The van der Waals surface area contributed by atoms with Crippen LogP contribution in [0.3, 0.4) is 0 Å². The molecule has 5 nitrogen and oxygen atoms in total. The number of ether oxygens (including phenoxy) is 2. The Morgan fingerprint density at radius 2 is 1.96 bits per heavy atom. The Morgan fingerprint density at radius 1 is 1.17 bits per heavy atom. The zero-order valence-corrected chi connectivity index (χ0v) is 14.8. The smallest absolute Gasteiger partial charge is 0.241 e. The van der Waals surface area contributed by atoms with Crippen LogP contribution >= 0.6 is 0 Å². The standard InChI is InChI=1S/C18H21NO4S/c1-12-4-7-18(13(2)8-12)24(20,21)19-15-9-14-10-16(22-3)5-6-17(14)23-11-15/h4-8,10,15,19H,9,11H2,1-3H3. The summed E-state index contributed by atoms with van der Waals surface area (Å²) in [5.41, 5.74) is 2.71. The molecule has 0 aromatic heterocycles. The summed E-state index contributed by atoms with van der Waals surface area (Å²) in [6, 6.07) is 10.6. The highest BCUT2D eigenvalue weighted by Gasteiger charge is 2.26. The summed E-state index contributed by atoms with van der Waals surface area (Å²) in [4.78, 5) is 0.310. The van der Waals surface area contributed by atoms with Crippen molar-refractivity contribution in [3.05, 3.63) is 53.1 Å². The molecule has 0 amide bonds. The first-order valence-electron chi connectivity index (χ1n) is 7.78. The zero-order chi connectivity index (χ0) is 17.3. The number of fused-ring (bicyclic) bond motifs is 1. The van der Waals surface area contributed by atoms with Crippen LogP contribution in [0.25, 0.3) is 0 Å². The van der Waals surface area contributed by atoms with Gasteiger partial charge in [-0.15, -0.1) is 0 Å². The molecule has 2 aromatic rings. The minimum atomic E-state index is -3.59. The van der Waals surface area contributed by atoms with Crippen LogP contribution in [0.2, 0.25) is 0 Å². The molecule has 128 valence electrons. The maximum atomic E-state index is 12.7. The fourth-order valence-electron chi connectivity index (χ4n) is 2.96. The minimum Gasteiger partial charge on any atom is -0.497 e. The van der Waals surface area contributed by atoms with Crippen molar-refractivity contribution >= 4 is 10.0 Å². The predicted octanol–water partition coefficient (Wildman–Crippen LogP) is 2.59. The van der Waals surface area contributed by atoms with Gasteiger partial charge in [0, 0.05) is 0 Å². The van der Waals surface area contributed by atoms with Gasteiger partial charge in [0.1, 0.15) is 18.1 Å². The highest BCUT2D eigenvalue weighted by molar-refractivity contribution is 7.89. The second kappa shape index (κ2) is 6.45. The van der Waals surface area contributed by atoms with Crippen molar-refractivity contribution in [2.24, 2.45) is 0 Å². The summed E-state index contributed by atoms with van der Waals surface area (Å²) in [5, 5.41) is 0. The predicted molar refractivity (Wildman–Crippen MR) is 92.2 cm³/mol. The Morgan fingerprint density at radius 3 is 2.67 bits per heavy atom. The van der Waals surface area contributed by atoms with E-state index < -0.39 is 10.0 Å². The Kier molecular flexibility index (Phi) is 4.51. The molecular weight excluding hydrogens is 326 g/mol. The monoisotopic (exact) mass is 347 g/mol. The Balaban J connectivity index is 1.81. The molecule has 0 fully saturated rings. The molecule has 0 bridgehead atoms. The molecule has 1 unspecified atom stereocenters. The van der Waals surface area contributed by atoms with Crippen molar-refractivity contribution in [2.45, 2.75) is 31.2 Å². The lowest BCUT2D eigenvalue weighted by Gasteiger charge is -2.26. The normalized spacial score (nSPS) is 17.0. The van der Waals surface area contributed by atoms with Gasteiger partial charge in [0.15, 0.2) is 0 Å². The average molecular weight is 347 g/mol. The van der Waals surface area contributed by atoms with Gasteiger partial charge in [-0.3, -0.25) is 0 Å². The number of nitrogens with one attached hydrogen (secondary N) is 1. The summed E-state index contributed by atoms with van der Waals surface area (Å²) < 4.78 is 39.0. The molecular formula is C18H21NO4S. The first-order chi connectivity index (χ1) is 11.4. The van der Waals surface area contributed by atoms with E-state index in [1.807, 2.05) is 31.2 Å². The first kappa shape index (κ1) is 16.8. The van der Waals surface area contributed by atoms with E-state index in [2.05, 4.69) is 4.72 Å². The third-order valence-corrected chi connectivity index (χ3v) is 5.80. The lowest BCUT2D eigenvalue weighted by Crippen LogP contribution is -2.42. The molecule has 24 heavy (non-hydrogen) atoms.